The fourth-order valence-corrected chi connectivity index (χ4v) is 2.72. The van der Waals surface area contributed by atoms with Gasteiger partial charge >= 0.3 is 0 Å². The topological polar surface area (TPSA) is 58.6 Å². The zero-order valence-corrected chi connectivity index (χ0v) is 13.4. The van der Waals surface area contributed by atoms with Gasteiger partial charge in [-0.1, -0.05) is 12.1 Å². The minimum absolute atomic E-state index is 0.0269. The quantitative estimate of drug-likeness (QED) is 0.813. The fourth-order valence-electron chi connectivity index (χ4n) is 2.72. The van der Waals surface area contributed by atoms with Crippen molar-refractivity contribution in [3.05, 3.63) is 35.6 Å². The van der Waals surface area contributed by atoms with Gasteiger partial charge in [0, 0.05) is 39.3 Å². The standard InChI is InChI=1S/C17H23FN2O3/c1-23-12-4-9-19-16(21)13-7-10-20(11-8-13)17(22)14-5-2-3-6-15(14)18/h2-3,5-6,13H,4,7-12H2,1H3,(H,19,21). The van der Waals surface area contributed by atoms with E-state index in [1.807, 2.05) is 0 Å². The lowest BCUT2D eigenvalue weighted by Crippen LogP contribution is -2.43. The van der Waals surface area contributed by atoms with Crippen LogP contribution in [-0.2, 0) is 9.53 Å². The molecular weight excluding hydrogens is 299 g/mol. The number of halogens is 1. The van der Waals surface area contributed by atoms with E-state index < -0.39 is 5.82 Å². The Morgan fingerprint density at radius 2 is 2.00 bits per heavy atom. The molecule has 23 heavy (non-hydrogen) atoms. The molecule has 0 bridgehead atoms. The molecule has 1 heterocycles. The average Bonchev–Trinajstić information content (AvgIpc) is 2.58. The van der Waals surface area contributed by atoms with Crippen LogP contribution in [0.5, 0.6) is 0 Å². The molecule has 1 aliphatic heterocycles. The van der Waals surface area contributed by atoms with E-state index >= 15 is 0 Å². The second-order valence-electron chi connectivity index (χ2n) is 5.68. The smallest absolute Gasteiger partial charge is 0.256 e. The second kappa shape index (κ2) is 8.62. The number of nitrogens with zero attached hydrogens (tertiary/aromatic N) is 1. The van der Waals surface area contributed by atoms with Crippen LogP contribution in [0, 0.1) is 11.7 Å². The van der Waals surface area contributed by atoms with E-state index in [1.165, 1.54) is 12.1 Å². The first-order valence-corrected chi connectivity index (χ1v) is 7.94. The van der Waals surface area contributed by atoms with Crippen molar-refractivity contribution in [2.75, 3.05) is 33.4 Å². The number of carbonyl (C=O) groups excluding carboxylic acids is 2. The predicted molar refractivity (Wildman–Crippen MR) is 84.5 cm³/mol. The number of hydrogen-bond donors (Lipinski definition) is 1. The Kier molecular flexibility index (Phi) is 6.52. The lowest BCUT2D eigenvalue weighted by atomic mass is 9.95. The highest BCUT2D eigenvalue weighted by Gasteiger charge is 2.28. The van der Waals surface area contributed by atoms with Crippen LogP contribution in [0.4, 0.5) is 4.39 Å². The van der Waals surface area contributed by atoms with Crippen molar-refractivity contribution in [3.63, 3.8) is 0 Å². The number of hydrogen-bond acceptors (Lipinski definition) is 3. The van der Waals surface area contributed by atoms with Crippen LogP contribution in [0.1, 0.15) is 29.6 Å². The number of piperidine rings is 1. The first-order valence-electron chi connectivity index (χ1n) is 7.94. The Balaban J connectivity index is 1.80. The molecule has 0 aromatic heterocycles. The third kappa shape index (κ3) is 4.76. The monoisotopic (exact) mass is 322 g/mol. The minimum atomic E-state index is -0.504. The zero-order valence-electron chi connectivity index (χ0n) is 13.4. The molecule has 2 amide bonds. The summed E-state index contributed by atoms with van der Waals surface area (Å²) in [5.41, 5.74) is 0.0926. The van der Waals surface area contributed by atoms with E-state index in [1.54, 1.807) is 24.1 Å². The number of rotatable bonds is 6. The third-order valence-electron chi connectivity index (χ3n) is 4.08. The van der Waals surface area contributed by atoms with Crippen LogP contribution in [0.2, 0.25) is 0 Å². The van der Waals surface area contributed by atoms with E-state index in [0.717, 1.165) is 6.42 Å². The molecule has 0 atom stereocenters. The number of likely N-dealkylation sites (tertiary alicyclic amines) is 1. The van der Waals surface area contributed by atoms with Crippen molar-refractivity contribution in [1.82, 2.24) is 10.2 Å². The molecule has 126 valence electrons. The van der Waals surface area contributed by atoms with E-state index in [2.05, 4.69) is 5.32 Å². The van der Waals surface area contributed by atoms with Gasteiger partial charge in [0.15, 0.2) is 0 Å². The van der Waals surface area contributed by atoms with Gasteiger partial charge in [0.1, 0.15) is 5.82 Å². The van der Waals surface area contributed by atoms with Crippen LogP contribution in [0.25, 0.3) is 0 Å². The molecule has 5 nitrogen and oxygen atoms in total. The SMILES string of the molecule is COCCCNC(=O)C1CCN(C(=O)c2ccccc2F)CC1. The Morgan fingerprint density at radius 3 is 2.65 bits per heavy atom. The third-order valence-corrected chi connectivity index (χ3v) is 4.08. The van der Waals surface area contributed by atoms with Crippen molar-refractivity contribution >= 4 is 11.8 Å². The summed E-state index contributed by atoms with van der Waals surface area (Å²) in [6.45, 7) is 2.17. The number of amides is 2. The number of carbonyl (C=O) groups is 2. The fraction of sp³-hybridized carbons (Fsp3) is 0.529. The maximum absolute atomic E-state index is 13.7. The van der Waals surface area contributed by atoms with Crippen LogP contribution in [0.15, 0.2) is 24.3 Å². The molecule has 1 N–H and O–H groups in total. The summed E-state index contributed by atoms with van der Waals surface area (Å²) in [4.78, 5) is 26.0. The highest BCUT2D eigenvalue weighted by Crippen LogP contribution is 2.20. The Morgan fingerprint density at radius 1 is 1.30 bits per heavy atom. The molecule has 1 aromatic carbocycles. The molecule has 0 saturated carbocycles. The maximum atomic E-state index is 13.7. The summed E-state index contributed by atoms with van der Waals surface area (Å²) < 4.78 is 18.6. The summed E-state index contributed by atoms with van der Waals surface area (Å²) in [6.07, 6.45) is 2.00. The largest absolute Gasteiger partial charge is 0.385 e. The summed E-state index contributed by atoms with van der Waals surface area (Å²) in [5.74, 6) is -0.862. The van der Waals surface area contributed by atoms with Crippen molar-refractivity contribution in [2.24, 2.45) is 5.92 Å². The predicted octanol–water partition coefficient (Wildman–Crippen LogP) is 1.83. The molecule has 2 rings (SSSR count). The molecule has 1 aromatic rings. The molecule has 0 spiro atoms. The van der Waals surface area contributed by atoms with Crippen molar-refractivity contribution in [2.45, 2.75) is 19.3 Å². The van der Waals surface area contributed by atoms with Crippen LogP contribution in [0.3, 0.4) is 0 Å². The first kappa shape index (κ1) is 17.4. The maximum Gasteiger partial charge on any atom is 0.256 e. The summed E-state index contributed by atoms with van der Waals surface area (Å²) in [7, 11) is 1.63. The summed E-state index contributed by atoms with van der Waals surface area (Å²) >= 11 is 0. The molecular formula is C17H23FN2O3. The molecule has 0 unspecified atom stereocenters. The average molecular weight is 322 g/mol. The summed E-state index contributed by atoms with van der Waals surface area (Å²) in [6, 6.07) is 5.99. The minimum Gasteiger partial charge on any atom is -0.385 e. The summed E-state index contributed by atoms with van der Waals surface area (Å²) in [5, 5.41) is 2.89. The number of ether oxygens (including phenoxy) is 1. The zero-order chi connectivity index (χ0) is 16.7. The van der Waals surface area contributed by atoms with Crippen molar-refractivity contribution in [3.8, 4) is 0 Å². The molecule has 1 fully saturated rings. The van der Waals surface area contributed by atoms with Crippen LogP contribution < -0.4 is 5.32 Å². The Labute approximate surface area is 135 Å². The van der Waals surface area contributed by atoms with E-state index in [9.17, 15) is 14.0 Å². The molecule has 0 aliphatic carbocycles. The lowest BCUT2D eigenvalue weighted by molar-refractivity contribution is -0.126. The van der Waals surface area contributed by atoms with Gasteiger partial charge in [0.2, 0.25) is 5.91 Å². The Bertz CT molecular complexity index is 542. The van der Waals surface area contributed by atoms with Gasteiger partial charge in [-0.25, -0.2) is 4.39 Å². The normalized spacial score (nSPS) is 15.5. The van der Waals surface area contributed by atoms with Gasteiger partial charge < -0.3 is 15.0 Å². The van der Waals surface area contributed by atoms with E-state index in [-0.39, 0.29) is 23.3 Å². The second-order valence-corrected chi connectivity index (χ2v) is 5.68. The van der Waals surface area contributed by atoms with Gasteiger partial charge in [-0.2, -0.15) is 0 Å². The molecule has 1 aliphatic rings. The van der Waals surface area contributed by atoms with Gasteiger partial charge in [0.25, 0.3) is 5.91 Å². The van der Waals surface area contributed by atoms with Gasteiger partial charge in [-0.05, 0) is 31.4 Å². The number of methoxy groups -OCH3 is 1. The lowest BCUT2D eigenvalue weighted by Gasteiger charge is -2.31. The van der Waals surface area contributed by atoms with Crippen molar-refractivity contribution in [1.29, 1.82) is 0 Å². The van der Waals surface area contributed by atoms with Crippen LogP contribution >= 0.6 is 0 Å². The highest BCUT2D eigenvalue weighted by molar-refractivity contribution is 5.94. The van der Waals surface area contributed by atoms with E-state index in [0.29, 0.717) is 39.1 Å². The van der Waals surface area contributed by atoms with Crippen LogP contribution in [-0.4, -0.2) is 50.1 Å². The van der Waals surface area contributed by atoms with Gasteiger partial charge in [-0.15, -0.1) is 0 Å². The first-order chi connectivity index (χ1) is 11.1. The van der Waals surface area contributed by atoms with Gasteiger partial charge in [0.05, 0.1) is 5.56 Å². The van der Waals surface area contributed by atoms with Crippen molar-refractivity contribution < 1.29 is 18.7 Å². The molecule has 0 radical (unpaired) electrons. The number of benzene rings is 1. The van der Waals surface area contributed by atoms with Gasteiger partial charge in [-0.3, -0.25) is 9.59 Å². The number of nitrogens with one attached hydrogen (secondary N) is 1. The van der Waals surface area contributed by atoms with E-state index in [4.69, 9.17) is 4.74 Å². The molecule has 6 heteroatoms. The molecule has 1 saturated heterocycles. The Hall–Kier alpha value is -1.95. The highest BCUT2D eigenvalue weighted by atomic mass is 19.1.